The molecule has 0 aliphatic rings. The summed E-state index contributed by atoms with van der Waals surface area (Å²) >= 11 is 0. The number of hydrogen-bond donors (Lipinski definition) is 2. The Balaban J connectivity index is 2.39. The molecule has 0 fully saturated rings. The number of pyridine rings is 1. The number of nitrogens with one attached hydrogen (secondary N) is 2. The predicted octanol–water partition coefficient (Wildman–Crippen LogP) is 2.79. The van der Waals surface area contributed by atoms with Gasteiger partial charge in [-0.05, 0) is 32.9 Å². The van der Waals surface area contributed by atoms with E-state index in [1.165, 1.54) is 0 Å². The fraction of sp³-hybridized carbons (Fsp3) is 0.357. The van der Waals surface area contributed by atoms with Gasteiger partial charge in [-0.25, -0.2) is 4.98 Å². The fourth-order valence-electron chi connectivity index (χ4n) is 1.69. The average molecular weight is 257 g/mol. The monoisotopic (exact) mass is 257 g/mol. The molecule has 2 N–H and O–H groups in total. The van der Waals surface area contributed by atoms with Crippen molar-refractivity contribution in [1.82, 2.24) is 15.0 Å². The number of rotatable bonds is 5. The Hall–Kier alpha value is -2.17. The molecule has 0 amide bonds. The molecule has 0 aliphatic heterocycles. The molecule has 2 aromatic heterocycles. The SMILES string of the molecule is CCNc1cc(-c2ccccn2)nc(NC(C)C)n1. The molecule has 0 aromatic carbocycles. The van der Waals surface area contributed by atoms with E-state index < -0.39 is 0 Å². The normalized spacial score (nSPS) is 10.5. The molecule has 0 atom stereocenters. The third kappa shape index (κ3) is 3.64. The summed E-state index contributed by atoms with van der Waals surface area (Å²) in [6, 6.07) is 7.98. The summed E-state index contributed by atoms with van der Waals surface area (Å²) < 4.78 is 0. The van der Waals surface area contributed by atoms with Crippen LogP contribution in [0, 0.1) is 0 Å². The maximum atomic E-state index is 4.50. The summed E-state index contributed by atoms with van der Waals surface area (Å²) in [4.78, 5) is 13.3. The molecule has 0 unspecified atom stereocenters. The molecule has 0 radical (unpaired) electrons. The van der Waals surface area contributed by atoms with Crippen LogP contribution in [0.25, 0.3) is 11.4 Å². The molecule has 2 aromatic rings. The number of hydrogen-bond acceptors (Lipinski definition) is 5. The van der Waals surface area contributed by atoms with Crippen LogP contribution >= 0.6 is 0 Å². The molecule has 0 saturated carbocycles. The second-order valence-corrected chi connectivity index (χ2v) is 4.51. The van der Waals surface area contributed by atoms with E-state index >= 15 is 0 Å². The minimum Gasteiger partial charge on any atom is -0.370 e. The van der Waals surface area contributed by atoms with E-state index in [1.807, 2.05) is 31.2 Å². The Kier molecular flexibility index (Phi) is 4.28. The summed E-state index contributed by atoms with van der Waals surface area (Å²) in [7, 11) is 0. The van der Waals surface area contributed by atoms with Gasteiger partial charge in [-0.15, -0.1) is 0 Å². The quantitative estimate of drug-likeness (QED) is 0.862. The van der Waals surface area contributed by atoms with Crippen LogP contribution in [0.15, 0.2) is 30.5 Å². The van der Waals surface area contributed by atoms with Gasteiger partial charge >= 0.3 is 0 Å². The van der Waals surface area contributed by atoms with E-state index in [4.69, 9.17) is 0 Å². The minimum absolute atomic E-state index is 0.286. The van der Waals surface area contributed by atoms with Gasteiger partial charge in [0.2, 0.25) is 5.95 Å². The lowest BCUT2D eigenvalue weighted by atomic mass is 10.2. The molecule has 0 spiro atoms. The third-order valence-corrected chi connectivity index (χ3v) is 2.43. The van der Waals surface area contributed by atoms with Crippen LogP contribution in [0.2, 0.25) is 0 Å². The minimum atomic E-state index is 0.286. The van der Waals surface area contributed by atoms with E-state index in [-0.39, 0.29) is 6.04 Å². The standard InChI is InChI=1S/C14H19N5/c1-4-15-13-9-12(11-7-5-6-8-16-11)18-14(19-13)17-10(2)3/h5-10H,4H2,1-3H3,(H2,15,17,18,19). The van der Waals surface area contributed by atoms with Crippen molar-refractivity contribution in [2.24, 2.45) is 0 Å². The molecule has 0 bridgehead atoms. The van der Waals surface area contributed by atoms with E-state index in [2.05, 4.69) is 39.4 Å². The van der Waals surface area contributed by atoms with Crippen LogP contribution in [-0.4, -0.2) is 27.5 Å². The number of aromatic nitrogens is 3. The van der Waals surface area contributed by atoms with Gasteiger partial charge in [0.05, 0.1) is 11.4 Å². The van der Waals surface area contributed by atoms with Gasteiger partial charge in [0, 0.05) is 24.8 Å². The van der Waals surface area contributed by atoms with Crippen molar-refractivity contribution in [2.75, 3.05) is 17.2 Å². The summed E-state index contributed by atoms with van der Waals surface area (Å²) in [5.74, 6) is 1.43. The zero-order valence-electron chi connectivity index (χ0n) is 11.5. The van der Waals surface area contributed by atoms with Gasteiger partial charge in [0.1, 0.15) is 5.82 Å². The molecular weight excluding hydrogens is 238 g/mol. The predicted molar refractivity (Wildman–Crippen MR) is 78.2 cm³/mol. The molecule has 0 aliphatic carbocycles. The Morgan fingerprint density at radius 1 is 1.16 bits per heavy atom. The van der Waals surface area contributed by atoms with E-state index in [1.54, 1.807) is 6.20 Å². The first-order valence-corrected chi connectivity index (χ1v) is 6.50. The molecule has 19 heavy (non-hydrogen) atoms. The fourth-order valence-corrected chi connectivity index (χ4v) is 1.69. The Labute approximate surface area is 113 Å². The van der Waals surface area contributed by atoms with Crippen LogP contribution in [0.4, 0.5) is 11.8 Å². The lowest BCUT2D eigenvalue weighted by Crippen LogP contribution is -2.14. The topological polar surface area (TPSA) is 62.7 Å². The lowest BCUT2D eigenvalue weighted by molar-refractivity contribution is 0.874. The number of anilines is 2. The summed E-state index contributed by atoms with van der Waals surface area (Å²) in [6.45, 7) is 6.98. The van der Waals surface area contributed by atoms with Gasteiger partial charge < -0.3 is 10.6 Å². The number of nitrogens with zero attached hydrogens (tertiary/aromatic N) is 3. The van der Waals surface area contributed by atoms with Crippen LogP contribution in [-0.2, 0) is 0 Å². The van der Waals surface area contributed by atoms with Crippen LogP contribution in [0.1, 0.15) is 20.8 Å². The van der Waals surface area contributed by atoms with Crippen molar-refractivity contribution in [2.45, 2.75) is 26.8 Å². The smallest absolute Gasteiger partial charge is 0.225 e. The first-order chi connectivity index (χ1) is 9.19. The van der Waals surface area contributed by atoms with Crippen LogP contribution in [0.3, 0.4) is 0 Å². The second kappa shape index (κ2) is 6.13. The summed E-state index contributed by atoms with van der Waals surface area (Å²) in [5.41, 5.74) is 1.66. The molecule has 0 saturated heterocycles. The molecular formula is C14H19N5. The van der Waals surface area contributed by atoms with Gasteiger partial charge in [0.15, 0.2) is 0 Å². The third-order valence-electron chi connectivity index (χ3n) is 2.43. The maximum Gasteiger partial charge on any atom is 0.225 e. The van der Waals surface area contributed by atoms with Crippen molar-refractivity contribution in [3.63, 3.8) is 0 Å². The molecule has 100 valence electrons. The molecule has 2 rings (SSSR count). The van der Waals surface area contributed by atoms with E-state index in [0.29, 0.717) is 5.95 Å². The Morgan fingerprint density at radius 2 is 2.00 bits per heavy atom. The lowest BCUT2D eigenvalue weighted by Gasteiger charge is -2.12. The van der Waals surface area contributed by atoms with Crippen molar-refractivity contribution in [1.29, 1.82) is 0 Å². The Morgan fingerprint density at radius 3 is 2.63 bits per heavy atom. The van der Waals surface area contributed by atoms with E-state index in [9.17, 15) is 0 Å². The first-order valence-electron chi connectivity index (χ1n) is 6.50. The first kappa shape index (κ1) is 13.3. The highest BCUT2D eigenvalue weighted by Crippen LogP contribution is 2.19. The molecule has 2 heterocycles. The highest BCUT2D eigenvalue weighted by Gasteiger charge is 2.07. The highest BCUT2D eigenvalue weighted by molar-refractivity contribution is 5.60. The van der Waals surface area contributed by atoms with Gasteiger partial charge in [-0.1, -0.05) is 6.07 Å². The largest absolute Gasteiger partial charge is 0.370 e. The molecule has 5 heteroatoms. The van der Waals surface area contributed by atoms with Gasteiger partial charge in [-0.3, -0.25) is 4.98 Å². The van der Waals surface area contributed by atoms with E-state index in [0.717, 1.165) is 23.8 Å². The second-order valence-electron chi connectivity index (χ2n) is 4.51. The molecule has 5 nitrogen and oxygen atoms in total. The zero-order valence-corrected chi connectivity index (χ0v) is 11.5. The van der Waals surface area contributed by atoms with Crippen LogP contribution in [0.5, 0.6) is 0 Å². The van der Waals surface area contributed by atoms with Crippen molar-refractivity contribution in [3.05, 3.63) is 30.5 Å². The van der Waals surface area contributed by atoms with Gasteiger partial charge in [-0.2, -0.15) is 4.98 Å². The van der Waals surface area contributed by atoms with Crippen molar-refractivity contribution >= 4 is 11.8 Å². The van der Waals surface area contributed by atoms with Crippen molar-refractivity contribution < 1.29 is 0 Å². The summed E-state index contributed by atoms with van der Waals surface area (Å²) in [5, 5.41) is 6.44. The summed E-state index contributed by atoms with van der Waals surface area (Å²) in [6.07, 6.45) is 1.76. The average Bonchev–Trinajstić information content (AvgIpc) is 2.39. The maximum absolute atomic E-state index is 4.50. The van der Waals surface area contributed by atoms with Crippen molar-refractivity contribution in [3.8, 4) is 11.4 Å². The van der Waals surface area contributed by atoms with Crippen LogP contribution < -0.4 is 10.6 Å². The zero-order chi connectivity index (χ0) is 13.7. The van der Waals surface area contributed by atoms with Gasteiger partial charge in [0.25, 0.3) is 0 Å². The Bertz CT molecular complexity index is 525. The highest BCUT2D eigenvalue weighted by atomic mass is 15.2.